The third kappa shape index (κ3) is 6.42. The molecule has 1 aromatic carbocycles. The minimum Gasteiger partial charge on any atom is -0.370 e. The summed E-state index contributed by atoms with van der Waals surface area (Å²) in [6, 6.07) is 1.76. The van der Waals surface area contributed by atoms with Gasteiger partial charge in [0.2, 0.25) is 5.91 Å². The van der Waals surface area contributed by atoms with Crippen molar-refractivity contribution in [2.75, 3.05) is 43.1 Å². The van der Waals surface area contributed by atoms with E-state index in [1.807, 2.05) is 20.8 Å². The number of ether oxygens (including phenoxy) is 1. The zero-order valence-electron chi connectivity index (χ0n) is 18.6. The van der Waals surface area contributed by atoms with E-state index in [0.29, 0.717) is 13.1 Å². The van der Waals surface area contributed by atoms with Crippen molar-refractivity contribution in [3.05, 3.63) is 23.8 Å². The van der Waals surface area contributed by atoms with Crippen molar-refractivity contribution in [2.45, 2.75) is 39.9 Å². The molecule has 0 radical (unpaired) electrons. The van der Waals surface area contributed by atoms with E-state index in [9.17, 15) is 27.6 Å². The van der Waals surface area contributed by atoms with Crippen molar-refractivity contribution in [2.24, 2.45) is 11.1 Å². The number of anilines is 2. The van der Waals surface area contributed by atoms with Gasteiger partial charge in [0.25, 0.3) is 11.8 Å². The molecule has 2 rings (SSSR count). The van der Waals surface area contributed by atoms with Crippen LogP contribution in [0.4, 0.5) is 24.5 Å². The van der Waals surface area contributed by atoms with Crippen molar-refractivity contribution in [1.82, 2.24) is 4.90 Å². The van der Waals surface area contributed by atoms with Crippen LogP contribution in [0.3, 0.4) is 0 Å². The Bertz CT molecular complexity index is 868. The van der Waals surface area contributed by atoms with E-state index >= 15 is 0 Å². The maximum atomic E-state index is 13.7. The number of nitrogens with one attached hydrogen (secondary N) is 1. The van der Waals surface area contributed by atoms with E-state index in [0.717, 1.165) is 17.0 Å². The summed E-state index contributed by atoms with van der Waals surface area (Å²) in [6.45, 7) is 8.02. The smallest absolute Gasteiger partial charge is 0.370 e. The molecule has 1 aliphatic heterocycles. The van der Waals surface area contributed by atoms with E-state index < -0.39 is 35.5 Å². The number of amides is 3. The Morgan fingerprint density at radius 3 is 2.44 bits per heavy atom. The van der Waals surface area contributed by atoms with Crippen LogP contribution < -0.4 is 16.0 Å². The summed E-state index contributed by atoms with van der Waals surface area (Å²) in [5.74, 6) is -2.32. The number of alkyl halides is 3. The molecule has 1 atom stereocenters. The van der Waals surface area contributed by atoms with E-state index in [4.69, 9.17) is 10.5 Å². The summed E-state index contributed by atoms with van der Waals surface area (Å²) in [4.78, 5) is 39.5. The van der Waals surface area contributed by atoms with Crippen LogP contribution in [0.1, 0.15) is 33.3 Å². The fourth-order valence-corrected chi connectivity index (χ4v) is 3.53. The summed E-state index contributed by atoms with van der Waals surface area (Å²) >= 11 is 0. The Balaban J connectivity index is 2.35. The van der Waals surface area contributed by atoms with Gasteiger partial charge in [0.1, 0.15) is 6.61 Å². The number of nitrogens with zero attached hydrogens (tertiary/aromatic N) is 2. The maximum absolute atomic E-state index is 13.7. The fourth-order valence-electron chi connectivity index (χ4n) is 3.53. The molecule has 0 unspecified atom stereocenters. The number of morpholine rings is 1. The van der Waals surface area contributed by atoms with E-state index in [1.165, 1.54) is 6.07 Å². The SMILES string of the molecule is CCN(CC(C)(C)C)[C@H](C(N)=O)C(=O)Nc1ccc(N2CCOCC2=O)c(C(F)(F)F)c1. The van der Waals surface area contributed by atoms with Gasteiger partial charge in [0.05, 0.1) is 17.9 Å². The molecule has 11 heteroatoms. The normalized spacial score (nSPS) is 16.2. The number of hydrogen-bond donors (Lipinski definition) is 2. The number of hydrogen-bond acceptors (Lipinski definition) is 5. The van der Waals surface area contributed by atoms with Crippen LogP contribution in [0.2, 0.25) is 0 Å². The first kappa shape index (κ1) is 25.6. The Morgan fingerprint density at radius 2 is 1.94 bits per heavy atom. The molecule has 1 saturated heterocycles. The topological polar surface area (TPSA) is 105 Å². The number of nitrogens with two attached hydrogens (primary N) is 1. The molecule has 32 heavy (non-hydrogen) atoms. The number of rotatable bonds is 7. The van der Waals surface area contributed by atoms with Gasteiger partial charge in [-0.1, -0.05) is 27.7 Å². The molecule has 0 aliphatic carbocycles. The lowest BCUT2D eigenvalue weighted by Crippen LogP contribution is -2.54. The quantitative estimate of drug-likeness (QED) is 0.610. The first-order valence-corrected chi connectivity index (χ1v) is 10.2. The van der Waals surface area contributed by atoms with Crippen LogP contribution in [-0.2, 0) is 25.3 Å². The van der Waals surface area contributed by atoms with Gasteiger partial charge in [-0.05, 0) is 30.2 Å². The van der Waals surface area contributed by atoms with Gasteiger partial charge in [-0.25, -0.2) is 0 Å². The average molecular weight is 458 g/mol. The highest BCUT2D eigenvalue weighted by atomic mass is 19.4. The molecular weight excluding hydrogens is 429 g/mol. The summed E-state index contributed by atoms with van der Waals surface area (Å²) in [5, 5.41) is 2.37. The molecule has 0 spiro atoms. The molecule has 3 N–H and O–H groups in total. The number of primary amides is 1. The Morgan fingerprint density at radius 1 is 1.28 bits per heavy atom. The second-order valence-corrected chi connectivity index (χ2v) is 8.75. The minimum absolute atomic E-state index is 0.0182. The number of likely N-dealkylation sites (N-methyl/N-ethyl adjacent to an activating group) is 1. The van der Waals surface area contributed by atoms with Crippen molar-refractivity contribution in [1.29, 1.82) is 0 Å². The third-order valence-electron chi connectivity index (χ3n) is 4.81. The van der Waals surface area contributed by atoms with Gasteiger partial charge in [-0.15, -0.1) is 0 Å². The van der Waals surface area contributed by atoms with Gasteiger partial charge < -0.3 is 20.7 Å². The lowest BCUT2D eigenvalue weighted by atomic mass is 9.95. The summed E-state index contributed by atoms with van der Waals surface area (Å²) in [6.07, 6.45) is -4.78. The van der Waals surface area contributed by atoms with E-state index in [1.54, 1.807) is 11.8 Å². The average Bonchev–Trinajstić information content (AvgIpc) is 2.66. The van der Waals surface area contributed by atoms with Crippen molar-refractivity contribution < 1.29 is 32.3 Å². The molecule has 0 aromatic heterocycles. The molecule has 8 nitrogen and oxygen atoms in total. The first-order chi connectivity index (χ1) is 14.7. The second-order valence-electron chi connectivity index (χ2n) is 8.75. The highest BCUT2D eigenvalue weighted by molar-refractivity contribution is 6.09. The summed E-state index contributed by atoms with van der Waals surface area (Å²) in [7, 11) is 0. The molecule has 3 amide bonds. The van der Waals surface area contributed by atoms with Crippen LogP contribution in [0, 0.1) is 5.41 Å². The zero-order valence-corrected chi connectivity index (χ0v) is 18.6. The number of benzene rings is 1. The van der Waals surface area contributed by atoms with Gasteiger partial charge in [-0.3, -0.25) is 19.3 Å². The lowest BCUT2D eigenvalue weighted by molar-refractivity contribution is -0.138. The predicted octanol–water partition coefficient (Wildman–Crippen LogP) is 2.23. The molecule has 1 heterocycles. The molecular formula is C21H29F3N4O4. The highest BCUT2D eigenvalue weighted by Crippen LogP contribution is 2.38. The number of halogens is 3. The Hall–Kier alpha value is -2.66. The zero-order chi connectivity index (χ0) is 24.3. The van der Waals surface area contributed by atoms with E-state index in [-0.39, 0.29) is 36.5 Å². The lowest BCUT2D eigenvalue weighted by Gasteiger charge is -2.33. The van der Waals surface area contributed by atoms with Gasteiger partial charge in [0.15, 0.2) is 6.04 Å². The minimum atomic E-state index is -4.78. The number of carbonyl (C=O) groups excluding carboxylic acids is 3. The molecule has 1 aliphatic rings. The Kier molecular flexibility index (Phi) is 7.89. The van der Waals surface area contributed by atoms with Crippen LogP contribution in [0.5, 0.6) is 0 Å². The highest BCUT2D eigenvalue weighted by Gasteiger charge is 2.38. The van der Waals surface area contributed by atoms with E-state index in [2.05, 4.69) is 5.32 Å². The predicted molar refractivity (Wildman–Crippen MR) is 113 cm³/mol. The maximum Gasteiger partial charge on any atom is 0.418 e. The molecule has 0 bridgehead atoms. The fraction of sp³-hybridized carbons (Fsp3) is 0.571. The van der Waals surface area contributed by atoms with Crippen molar-refractivity contribution >= 4 is 29.1 Å². The van der Waals surface area contributed by atoms with Crippen molar-refractivity contribution in [3.8, 4) is 0 Å². The Labute approximate surface area is 184 Å². The summed E-state index contributed by atoms with van der Waals surface area (Å²) < 4.78 is 46.2. The van der Waals surface area contributed by atoms with Crippen molar-refractivity contribution in [3.63, 3.8) is 0 Å². The summed E-state index contributed by atoms with van der Waals surface area (Å²) in [5.41, 5.74) is 3.63. The second kappa shape index (κ2) is 9.86. The standard InChI is InChI=1S/C21H29F3N4O4/c1-5-27(12-20(2,3)4)17(18(25)30)19(31)26-13-6-7-15(14(10-13)21(22,23)24)28-8-9-32-11-16(28)29/h6-7,10,17H,5,8-9,11-12H2,1-4H3,(H2,25,30)(H,26,31)/t17-/m1/s1. The molecule has 1 fully saturated rings. The van der Waals surface area contributed by atoms with Gasteiger partial charge >= 0.3 is 6.18 Å². The van der Waals surface area contributed by atoms with Gasteiger partial charge in [0, 0.05) is 18.8 Å². The van der Waals surface area contributed by atoms with Crippen LogP contribution in [0.15, 0.2) is 18.2 Å². The van der Waals surface area contributed by atoms with Gasteiger partial charge in [-0.2, -0.15) is 13.2 Å². The largest absolute Gasteiger partial charge is 0.418 e. The van der Waals surface area contributed by atoms with Crippen LogP contribution in [-0.4, -0.2) is 61.5 Å². The third-order valence-corrected chi connectivity index (χ3v) is 4.81. The first-order valence-electron chi connectivity index (χ1n) is 10.2. The molecule has 0 saturated carbocycles. The molecule has 178 valence electrons. The number of carbonyl (C=O) groups is 3. The van der Waals surface area contributed by atoms with Crippen LogP contribution in [0.25, 0.3) is 0 Å². The van der Waals surface area contributed by atoms with Crippen LogP contribution >= 0.6 is 0 Å². The monoisotopic (exact) mass is 458 g/mol. The molecule has 1 aromatic rings.